The molecule has 2 rings (SSSR count). The summed E-state index contributed by atoms with van der Waals surface area (Å²) in [5.41, 5.74) is 7.71. The molecular formula is C11H14BrN3. The van der Waals surface area contributed by atoms with E-state index in [2.05, 4.69) is 38.6 Å². The molecule has 0 unspecified atom stereocenters. The van der Waals surface area contributed by atoms with E-state index in [1.54, 1.807) is 0 Å². The second-order valence-electron chi connectivity index (χ2n) is 3.61. The third kappa shape index (κ3) is 2.06. The highest BCUT2D eigenvalue weighted by Crippen LogP contribution is 2.20. The third-order valence-electron chi connectivity index (χ3n) is 2.54. The first kappa shape index (κ1) is 10.6. The van der Waals surface area contributed by atoms with Crippen molar-refractivity contribution in [3.05, 3.63) is 28.5 Å². The maximum atomic E-state index is 5.50. The topological polar surface area (TPSA) is 43.8 Å². The molecule has 1 aromatic carbocycles. The third-order valence-corrected chi connectivity index (χ3v) is 3.03. The highest BCUT2D eigenvalue weighted by molar-refractivity contribution is 9.10. The predicted octanol–water partition coefficient (Wildman–Crippen LogP) is 2.23. The van der Waals surface area contributed by atoms with Crippen molar-refractivity contribution in [2.24, 2.45) is 12.8 Å². The largest absolute Gasteiger partial charge is 0.331 e. The monoisotopic (exact) mass is 267 g/mol. The molecule has 4 heteroatoms. The smallest absolute Gasteiger partial charge is 0.109 e. The summed E-state index contributed by atoms with van der Waals surface area (Å²) in [6.07, 6.45) is 1.93. The van der Waals surface area contributed by atoms with Crippen LogP contribution < -0.4 is 5.73 Å². The highest BCUT2D eigenvalue weighted by Gasteiger charge is 2.06. The summed E-state index contributed by atoms with van der Waals surface area (Å²) in [5, 5.41) is 0. The first-order chi connectivity index (χ1) is 7.22. The molecule has 0 fully saturated rings. The van der Waals surface area contributed by atoms with E-state index >= 15 is 0 Å². The van der Waals surface area contributed by atoms with Gasteiger partial charge in [0.25, 0.3) is 0 Å². The molecule has 0 aliphatic carbocycles. The number of imidazole rings is 1. The Morgan fingerprint density at radius 2 is 2.27 bits per heavy atom. The molecule has 0 atom stereocenters. The lowest BCUT2D eigenvalue weighted by atomic mass is 10.3. The van der Waals surface area contributed by atoms with Crippen LogP contribution in [0.2, 0.25) is 0 Å². The van der Waals surface area contributed by atoms with Crippen molar-refractivity contribution in [3.63, 3.8) is 0 Å². The highest BCUT2D eigenvalue weighted by atomic mass is 79.9. The van der Waals surface area contributed by atoms with Crippen molar-refractivity contribution >= 4 is 27.0 Å². The van der Waals surface area contributed by atoms with Gasteiger partial charge in [-0.3, -0.25) is 0 Å². The van der Waals surface area contributed by atoms with E-state index in [-0.39, 0.29) is 0 Å². The number of nitrogens with zero attached hydrogens (tertiary/aromatic N) is 2. The summed E-state index contributed by atoms with van der Waals surface area (Å²) in [6.45, 7) is 0.715. The average molecular weight is 268 g/mol. The number of nitrogens with two attached hydrogens (primary N) is 1. The summed E-state index contributed by atoms with van der Waals surface area (Å²) in [5.74, 6) is 1.11. The van der Waals surface area contributed by atoms with Gasteiger partial charge in [0.05, 0.1) is 11.0 Å². The summed E-state index contributed by atoms with van der Waals surface area (Å²) in [6, 6.07) is 6.16. The average Bonchev–Trinajstić information content (AvgIpc) is 2.52. The number of benzene rings is 1. The molecular weight excluding hydrogens is 254 g/mol. The molecule has 0 amide bonds. The SMILES string of the molecule is Cn1c(CCCN)nc2cc(Br)ccc21. The van der Waals surface area contributed by atoms with Crippen molar-refractivity contribution in [1.82, 2.24) is 9.55 Å². The van der Waals surface area contributed by atoms with Gasteiger partial charge < -0.3 is 10.3 Å². The Morgan fingerprint density at radius 1 is 1.47 bits per heavy atom. The Balaban J connectivity index is 2.44. The lowest BCUT2D eigenvalue weighted by Crippen LogP contribution is -2.04. The molecule has 80 valence electrons. The van der Waals surface area contributed by atoms with E-state index in [1.807, 2.05) is 12.1 Å². The maximum absolute atomic E-state index is 5.50. The molecule has 3 nitrogen and oxygen atoms in total. The van der Waals surface area contributed by atoms with Crippen LogP contribution in [0.3, 0.4) is 0 Å². The molecule has 2 aromatic rings. The van der Waals surface area contributed by atoms with E-state index in [1.165, 1.54) is 5.52 Å². The fourth-order valence-electron chi connectivity index (χ4n) is 1.71. The summed E-state index contributed by atoms with van der Waals surface area (Å²) in [4.78, 5) is 4.59. The van der Waals surface area contributed by atoms with Gasteiger partial charge in [-0.1, -0.05) is 15.9 Å². The van der Waals surface area contributed by atoms with Crippen LogP contribution in [0.1, 0.15) is 12.2 Å². The Kier molecular flexibility index (Phi) is 3.07. The Morgan fingerprint density at radius 3 is 3.00 bits per heavy atom. The van der Waals surface area contributed by atoms with Gasteiger partial charge in [0.15, 0.2) is 0 Å². The molecule has 2 N–H and O–H groups in total. The zero-order valence-corrected chi connectivity index (χ0v) is 10.3. The van der Waals surface area contributed by atoms with Crippen LogP contribution in [0.5, 0.6) is 0 Å². The van der Waals surface area contributed by atoms with Crippen LogP contribution >= 0.6 is 15.9 Å². The molecule has 0 saturated heterocycles. The van der Waals surface area contributed by atoms with Crippen molar-refractivity contribution in [2.75, 3.05) is 6.54 Å². The van der Waals surface area contributed by atoms with Crippen LogP contribution in [-0.2, 0) is 13.5 Å². The Bertz CT molecular complexity index is 476. The first-order valence-corrected chi connectivity index (χ1v) is 5.82. The molecule has 0 aliphatic heterocycles. The van der Waals surface area contributed by atoms with Crippen LogP contribution in [0.25, 0.3) is 11.0 Å². The van der Waals surface area contributed by atoms with Crippen molar-refractivity contribution in [2.45, 2.75) is 12.8 Å². The number of hydrogen-bond acceptors (Lipinski definition) is 2. The van der Waals surface area contributed by atoms with Crippen LogP contribution in [0, 0.1) is 0 Å². The fourth-order valence-corrected chi connectivity index (χ4v) is 2.06. The minimum absolute atomic E-state index is 0.715. The van der Waals surface area contributed by atoms with Crippen LogP contribution in [-0.4, -0.2) is 16.1 Å². The number of halogens is 1. The summed E-state index contributed by atoms with van der Waals surface area (Å²) >= 11 is 3.45. The van der Waals surface area contributed by atoms with Gasteiger partial charge in [-0.05, 0) is 31.2 Å². The molecule has 0 radical (unpaired) electrons. The minimum Gasteiger partial charge on any atom is -0.331 e. The standard InChI is InChI=1S/C11H14BrN3/c1-15-10-5-4-8(12)7-9(10)14-11(15)3-2-6-13/h4-5,7H,2-3,6,13H2,1H3. The van der Waals surface area contributed by atoms with E-state index in [4.69, 9.17) is 5.73 Å². The van der Waals surface area contributed by atoms with Crippen molar-refractivity contribution in [1.29, 1.82) is 0 Å². The number of rotatable bonds is 3. The molecule has 0 aliphatic rings. The van der Waals surface area contributed by atoms with Gasteiger partial charge in [-0.25, -0.2) is 4.98 Å². The normalized spacial score (nSPS) is 11.1. The quantitative estimate of drug-likeness (QED) is 0.927. The van der Waals surface area contributed by atoms with Gasteiger partial charge in [0.2, 0.25) is 0 Å². The minimum atomic E-state index is 0.715. The second-order valence-corrected chi connectivity index (χ2v) is 4.53. The van der Waals surface area contributed by atoms with Gasteiger partial charge in [-0.2, -0.15) is 0 Å². The van der Waals surface area contributed by atoms with Crippen LogP contribution in [0.4, 0.5) is 0 Å². The van der Waals surface area contributed by atoms with Crippen LogP contribution in [0.15, 0.2) is 22.7 Å². The van der Waals surface area contributed by atoms with E-state index in [0.717, 1.165) is 28.7 Å². The number of fused-ring (bicyclic) bond motifs is 1. The van der Waals surface area contributed by atoms with E-state index in [0.29, 0.717) is 6.54 Å². The molecule has 0 spiro atoms. The molecule has 0 bridgehead atoms. The van der Waals surface area contributed by atoms with Gasteiger partial charge >= 0.3 is 0 Å². The van der Waals surface area contributed by atoms with Crippen molar-refractivity contribution in [3.8, 4) is 0 Å². The van der Waals surface area contributed by atoms with Crippen molar-refractivity contribution < 1.29 is 0 Å². The van der Waals surface area contributed by atoms with Gasteiger partial charge in [-0.15, -0.1) is 0 Å². The number of aryl methyl sites for hydroxylation is 2. The summed E-state index contributed by atoms with van der Waals surface area (Å²) < 4.78 is 3.20. The zero-order chi connectivity index (χ0) is 10.8. The Hall–Kier alpha value is -0.870. The molecule has 1 heterocycles. The molecule has 15 heavy (non-hydrogen) atoms. The number of hydrogen-bond donors (Lipinski definition) is 1. The first-order valence-electron chi connectivity index (χ1n) is 5.03. The predicted molar refractivity (Wildman–Crippen MR) is 65.8 cm³/mol. The van der Waals surface area contributed by atoms with Gasteiger partial charge in [0.1, 0.15) is 5.82 Å². The lowest BCUT2D eigenvalue weighted by molar-refractivity contribution is 0.741. The van der Waals surface area contributed by atoms with E-state index in [9.17, 15) is 0 Å². The fraction of sp³-hybridized carbons (Fsp3) is 0.364. The molecule has 0 saturated carbocycles. The van der Waals surface area contributed by atoms with E-state index < -0.39 is 0 Å². The molecule has 1 aromatic heterocycles. The Labute approximate surface area is 97.4 Å². The maximum Gasteiger partial charge on any atom is 0.109 e. The second kappa shape index (κ2) is 4.33. The lowest BCUT2D eigenvalue weighted by Gasteiger charge is -2.00. The summed E-state index contributed by atoms with van der Waals surface area (Å²) in [7, 11) is 2.05. The zero-order valence-electron chi connectivity index (χ0n) is 8.70. The number of aromatic nitrogens is 2. The van der Waals surface area contributed by atoms with Gasteiger partial charge in [0, 0.05) is 17.9 Å².